The van der Waals surface area contributed by atoms with Crippen LogP contribution in [0.1, 0.15) is 19.8 Å². The number of nitrogens with zero attached hydrogens (tertiary/aromatic N) is 2. The molecule has 4 rings (SSSR count). The highest BCUT2D eigenvalue weighted by molar-refractivity contribution is 7.91. The van der Waals surface area contributed by atoms with Gasteiger partial charge in [0.05, 0.1) is 22.3 Å². The van der Waals surface area contributed by atoms with Crippen LogP contribution in [0.15, 0.2) is 70.6 Å². The van der Waals surface area contributed by atoms with Gasteiger partial charge in [-0.1, -0.05) is 36.4 Å². The van der Waals surface area contributed by atoms with Crippen molar-refractivity contribution >= 4 is 32.6 Å². The number of hydrogen-bond acceptors (Lipinski definition) is 5. The van der Waals surface area contributed by atoms with Gasteiger partial charge < -0.3 is 14.2 Å². The first-order chi connectivity index (χ1) is 15.4. The van der Waals surface area contributed by atoms with E-state index in [1.165, 1.54) is 0 Å². The molecule has 32 heavy (non-hydrogen) atoms. The summed E-state index contributed by atoms with van der Waals surface area (Å²) in [7, 11) is -3.72. The zero-order chi connectivity index (χ0) is 22.7. The average molecular weight is 455 g/mol. The van der Waals surface area contributed by atoms with E-state index in [2.05, 4.69) is 0 Å². The first-order valence-corrected chi connectivity index (χ1v) is 12.2. The Morgan fingerprint density at radius 1 is 1.00 bits per heavy atom. The molecule has 0 radical (unpaired) electrons. The van der Waals surface area contributed by atoms with Gasteiger partial charge in [0.2, 0.25) is 15.7 Å². The molecule has 2 aromatic carbocycles. The second kappa shape index (κ2) is 9.16. The van der Waals surface area contributed by atoms with Crippen molar-refractivity contribution < 1.29 is 22.7 Å². The quantitative estimate of drug-likeness (QED) is 0.534. The Kier molecular flexibility index (Phi) is 6.32. The maximum Gasteiger partial charge on any atom is 0.309 e. The SMILES string of the molecule is CCOC(=O)C1CCN(C(=O)Cn2cc(S(=O)(=O)c3ccccc3)c3ccccc32)CC1. The van der Waals surface area contributed by atoms with Gasteiger partial charge in [-0.2, -0.15) is 0 Å². The highest BCUT2D eigenvalue weighted by Crippen LogP contribution is 2.30. The van der Waals surface area contributed by atoms with Gasteiger partial charge in [-0.25, -0.2) is 8.42 Å². The van der Waals surface area contributed by atoms with Crippen LogP contribution in [0.5, 0.6) is 0 Å². The Labute approximate surface area is 187 Å². The molecule has 7 nitrogen and oxygen atoms in total. The predicted molar refractivity (Wildman–Crippen MR) is 120 cm³/mol. The molecule has 1 saturated heterocycles. The van der Waals surface area contributed by atoms with E-state index in [0.29, 0.717) is 43.4 Å². The summed E-state index contributed by atoms with van der Waals surface area (Å²) in [6.07, 6.45) is 2.70. The number of likely N-dealkylation sites (tertiary alicyclic amines) is 1. The highest BCUT2D eigenvalue weighted by Gasteiger charge is 2.29. The maximum atomic E-state index is 13.2. The standard InChI is InChI=1S/C24H26N2O5S/c1-2-31-24(28)18-12-14-25(15-13-18)23(27)17-26-16-22(20-10-6-7-11-21(20)26)32(29,30)19-8-4-3-5-9-19/h3-11,16,18H,2,12-15,17H2,1H3. The van der Waals surface area contributed by atoms with Crippen LogP contribution in [0, 0.1) is 5.92 Å². The number of benzene rings is 2. The number of aromatic nitrogens is 1. The number of sulfone groups is 1. The van der Waals surface area contributed by atoms with Gasteiger partial charge in [0.25, 0.3) is 0 Å². The maximum absolute atomic E-state index is 13.2. The largest absolute Gasteiger partial charge is 0.466 e. The van der Waals surface area contributed by atoms with Crippen LogP contribution >= 0.6 is 0 Å². The van der Waals surface area contributed by atoms with Crippen LogP contribution < -0.4 is 0 Å². The first-order valence-electron chi connectivity index (χ1n) is 10.7. The lowest BCUT2D eigenvalue weighted by Crippen LogP contribution is -2.42. The van der Waals surface area contributed by atoms with Gasteiger partial charge in [-0.15, -0.1) is 0 Å². The first kappa shape index (κ1) is 22.1. The number of fused-ring (bicyclic) bond motifs is 1. The fourth-order valence-electron chi connectivity index (χ4n) is 4.16. The minimum Gasteiger partial charge on any atom is -0.466 e. The van der Waals surface area contributed by atoms with Gasteiger partial charge in [-0.05, 0) is 38.0 Å². The third-order valence-corrected chi connectivity index (χ3v) is 7.67. The zero-order valence-electron chi connectivity index (χ0n) is 17.9. The zero-order valence-corrected chi connectivity index (χ0v) is 18.8. The molecular weight excluding hydrogens is 428 g/mol. The minimum atomic E-state index is -3.72. The molecule has 8 heteroatoms. The van der Waals surface area contributed by atoms with E-state index < -0.39 is 9.84 Å². The van der Waals surface area contributed by atoms with Crippen LogP contribution in [0.3, 0.4) is 0 Å². The van der Waals surface area contributed by atoms with E-state index in [1.807, 2.05) is 12.1 Å². The van der Waals surface area contributed by atoms with Crippen molar-refractivity contribution in [3.05, 3.63) is 60.8 Å². The van der Waals surface area contributed by atoms with E-state index >= 15 is 0 Å². The lowest BCUT2D eigenvalue weighted by Gasteiger charge is -2.31. The Balaban J connectivity index is 1.56. The van der Waals surface area contributed by atoms with Gasteiger partial charge in [0.1, 0.15) is 6.54 Å². The molecule has 1 aliphatic rings. The van der Waals surface area contributed by atoms with Gasteiger partial charge in [0, 0.05) is 30.2 Å². The van der Waals surface area contributed by atoms with Crippen molar-refractivity contribution in [3.8, 4) is 0 Å². The lowest BCUT2D eigenvalue weighted by atomic mass is 9.97. The molecule has 0 saturated carbocycles. The molecule has 1 amide bonds. The van der Waals surface area contributed by atoms with E-state index in [0.717, 1.165) is 0 Å². The van der Waals surface area contributed by atoms with Crippen molar-refractivity contribution in [1.82, 2.24) is 9.47 Å². The van der Waals surface area contributed by atoms with Gasteiger partial charge in [0.15, 0.2) is 0 Å². The molecule has 0 aliphatic carbocycles. The Hall–Kier alpha value is -3.13. The van der Waals surface area contributed by atoms with Crippen LogP contribution in [0.25, 0.3) is 10.9 Å². The Morgan fingerprint density at radius 3 is 2.34 bits per heavy atom. The summed E-state index contributed by atoms with van der Waals surface area (Å²) in [5.74, 6) is -0.475. The predicted octanol–water partition coefficient (Wildman–Crippen LogP) is 3.28. The normalized spacial score (nSPS) is 15.1. The Bertz CT molecular complexity index is 1230. The summed E-state index contributed by atoms with van der Waals surface area (Å²) in [5, 5.41) is 0.588. The number of amides is 1. The molecule has 1 aromatic heterocycles. The molecule has 0 atom stereocenters. The summed E-state index contributed by atoms with van der Waals surface area (Å²) in [4.78, 5) is 27.1. The van der Waals surface area contributed by atoms with E-state index in [1.54, 1.807) is 65.1 Å². The molecule has 0 N–H and O–H groups in total. The molecule has 168 valence electrons. The third kappa shape index (κ3) is 4.27. The number of carbonyl (C=O) groups excluding carboxylic acids is 2. The molecule has 0 bridgehead atoms. The number of rotatable bonds is 6. The smallest absolute Gasteiger partial charge is 0.309 e. The van der Waals surface area contributed by atoms with Crippen molar-refractivity contribution in [2.75, 3.05) is 19.7 Å². The fourth-order valence-corrected chi connectivity index (χ4v) is 5.65. The summed E-state index contributed by atoms with van der Waals surface area (Å²) >= 11 is 0. The van der Waals surface area contributed by atoms with E-state index in [9.17, 15) is 18.0 Å². The average Bonchev–Trinajstić information content (AvgIpc) is 3.19. The molecule has 0 spiro atoms. The summed E-state index contributed by atoms with van der Waals surface area (Å²) < 4.78 is 33.3. The minimum absolute atomic E-state index is 0.0366. The Morgan fingerprint density at radius 2 is 1.66 bits per heavy atom. The monoisotopic (exact) mass is 454 g/mol. The van der Waals surface area contributed by atoms with Gasteiger partial charge >= 0.3 is 5.97 Å². The number of esters is 1. The van der Waals surface area contributed by atoms with Crippen molar-refractivity contribution in [2.24, 2.45) is 5.92 Å². The van der Waals surface area contributed by atoms with Crippen molar-refractivity contribution in [1.29, 1.82) is 0 Å². The number of ether oxygens (including phenoxy) is 1. The number of para-hydroxylation sites is 1. The molecule has 3 aromatic rings. The molecule has 1 aliphatic heterocycles. The second-order valence-corrected chi connectivity index (χ2v) is 9.78. The van der Waals surface area contributed by atoms with Crippen LogP contribution in [-0.4, -0.2) is 49.5 Å². The summed E-state index contributed by atoms with van der Waals surface area (Å²) in [5.41, 5.74) is 0.691. The van der Waals surface area contributed by atoms with Crippen molar-refractivity contribution in [3.63, 3.8) is 0 Å². The summed E-state index contributed by atoms with van der Waals surface area (Å²) in [6.45, 7) is 3.14. The lowest BCUT2D eigenvalue weighted by molar-refractivity contribution is -0.151. The highest BCUT2D eigenvalue weighted by atomic mass is 32.2. The summed E-state index contributed by atoms with van der Waals surface area (Å²) in [6, 6.07) is 15.5. The van der Waals surface area contributed by atoms with E-state index in [-0.39, 0.29) is 34.1 Å². The fraction of sp³-hybridized carbons (Fsp3) is 0.333. The molecule has 2 heterocycles. The number of carbonyl (C=O) groups is 2. The van der Waals surface area contributed by atoms with Gasteiger partial charge in [-0.3, -0.25) is 9.59 Å². The number of piperidine rings is 1. The second-order valence-electron chi connectivity index (χ2n) is 7.86. The molecule has 1 fully saturated rings. The van der Waals surface area contributed by atoms with E-state index in [4.69, 9.17) is 4.74 Å². The third-order valence-electron chi connectivity index (χ3n) is 5.87. The van der Waals surface area contributed by atoms with Crippen LogP contribution in [-0.2, 0) is 30.7 Å². The van der Waals surface area contributed by atoms with Crippen molar-refractivity contribution in [2.45, 2.75) is 36.1 Å². The van der Waals surface area contributed by atoms with Crippen LogP contribution in [0.4, 0.5) is 0 Å². The van der Waals surface area contributed by atoms with Crippen LogP contribution in [0.2, 0.25) is 0 Å². The number of hydrogen-bond donors (Lipinski definition) is 0. The molecular formula is C24H26N2O5S. The topological polar surface area (TPSA) is 85.7 Å². The molecule has 0 unspecified atom stereocenters.